The molecule has 6 heteroatoms. The first-order valence-corrected chi connectivity index (χ1v) is 8.99. The maximum atomic E-state index is 11.7. The second kappa shape index (κ2) is 6.52. The Morgan fingerprint density at radius 3 is 2.42 bits per heavy atom. The maximum absolute atomic E-state index is 11.7. The highest BCUT2D eigenvalue weighted by Crippen LogP contribution is 2.19. The van der Waals surface area contributed by atoms with Crippen LogP contribution in [-0.4, -0.2) is 56.4 Å². The summed E-state index contributed by atoms with van der Waals surface area (Å²) in [4.78, 5) is 0. The molecule has 0 aromatic heterocycles. The normalized spacial score (nSPS) is 30.8. The van der Waals surface area contributed by atoms with E-state index in [1.54, 1.807) is 11.2 Å². The van der Waals surface area contributed by atoms with E-state index in [1.165, 1.54) is 0 Å². The molecule has 0 amide bonds. The van der Waals surface area contributed by atoms with Gasteiger partial charge in [0.05, 0.1) is 18.0 Å². The Hall–Kier alpha value is -0.170. The van der Waals surface area contributed by atoms with Gasteiger partial charge in [0, 0.05) is 25.7 Å². The van der Waals surface area contributed by atoms with Crippen LogP contribution in [-0.2, 0) is 14.8 Å². The lowest BCUT2D eigenvalue weighted by Gasteiger charge is -2.32. The molecule has 1 N–H and O–H groups in total. The van der Waals surface area contributed by atoms with Crippen molar-refractivity contribution in [1.82, 2.24) is 9.62 Å². The lowest BCUT2D eigenvalue weighted by atomic mass is 10.1. The molecule has 2 aliphatic rings. The Morgan fingerprint density at radius 2 is 1.89 bits per heavy atom. The largest absolute Gasteiger partial charge is 0.374 e. The molecule has 112 valence electrons. The van der Waals surface area contributed by atoms with Crippen molar-refractivity contribution in [2.75, 3.05) is 25.4 Å². The second-order valence-corrected chi connectivity index (χ2v) is 7.89. The Balaban J connectivity index is 1.69. The fourth-order valence-electron chi connectivity index (χ4n) is 2.85. The molecule has 0 bridgehead atoms. The zero-order valence-corrected chi connectivity index (χ0v) is 12.8. The number of hydrogen-bond donors (Lipinski definition) is 1. The van der Waals surface area contributed by atoms with Crippen molar-refractivity contribution >= 4 is 10.0 Å². The van der Waals surface area contributed by atoms with Crippen LogP contribution in [0.2, 0.25) is 0 Å². The molecule has 2 heterocycles. The third-order valence-electron chi connectivity index (χ3n) is 4.17. The molecule has 2 atom stereocenters. The van der Waals surface area contributed by atoms with E-state index in [0.29, 0.717) is 31.3 Å². The van der Waals surface area contributed by atoms with E-state index >= 15 is 0 Å². The molecule has 0 saturated carbocycles. The zero-order valence-electron chi connectivity index (χ0n) is 12.0. The first-order valence-electron chi connectivity index (χ1n) is 7.38. The fourth-order valence-corrected chi connectivity index (χ4v) is 3.99. The number of rotatable bonds is 5. The summed E-state index contributed by atoms with van der Waals surface area (Å²) >= 11 is 0. The molecule has 0 aliphatic carbocycles. The van der Waals surface area contributed by atoms with Gasteiger partial charge in [-0.15, -0.1) is 0 Å². The van der Waals surface area contributed by atoms with Crippen LogP contribution in [0.5, 0.6) is 0 Å². The molecule has 2 rings (SSSR count). The van der Waals surface area contributed by atoms with Gasteiger partial charge in [0.25, 0.3) is 0 Å². The van der Waals surface area contributed by atoms with Gasteiger partial charge in [0.1, 0.15) is 0 Å². The first-order chi connectivity index (χ1) is 9.01. The van der Waals surface area contributed by atoms with Crippen LogP contribution >= 0.6 is 0 Å². The Labute approximate surface area is 116 Å². The van der Waals surface area contributed by atoms with E-state index in [0.717, 1.165) is 32.2 Å². The minimum absolute atomic E-state index is 0.207. The van der Waals surface area contributed by atoms with Crippen molar-refractivity contribution in [3.63, 3.8) is 0 Å². The SMILES string of the molecule is CCS(=O)(=O)N1CCC(NCC2CCC(C)O2)CC1. The summed E-state index contributed by atoms with van der Waals surface area (Å²) < 4.78 is 30.9. The standard InChI is InChI=1S/C13H26N2O3S/c1-3-19(16,17)15-8-6-12(7-9-15)14-10-13-5-4-11(2)18-13/h11-14H,3-10H2,1-2H3. The monoisotopic (exact) mass is 290 g/mol. The van der Waals surface area contributed by atoms with E-state index in [9.17, 15) is 8.42 Å². The van der Waals surface area contributed by atoms with Gasteiger partial charge in [-0.05, 0) is 39.5 Å². The van der Waals surface area contributed by atoms with Crippen molar-refractivity contribution < 1.29 is 13.2 Å². The number of piperidine rings is 1. The first kappa shape index (κ1) is 15.2. The van der Waals surface area contributed by atoms with E-state index in [1.807, 2.05) is 0 Å². The summed E-state index contributed by atoms with van der Waals surface area (Å²) in [5.41, 5.74) is 0. The van der Waals surface area contributed by atoms with Gasteiger partial charge in [0.2, 0.25) is 10.0 Å². The summed E-state index contributed by atoms with van der Waals surface area (Å²) in [6.45, 7) is 6.02. The molecule has 0 aromatic rings. The van der Waals surface area contributed by atoms with E-state index in [2.05, 4.69) is 12.2 Å². The zero-order chi connectivity index (χ0) is 13.9. The number of nitrogens with zero attached hydrogens (tertiary/aromatic N) is 1. The average molecular weight is 290 g/mol. The predicted octanol–water partition coefficient (Wildman–Crippen LogP) is 0.958. The maximum Gasteiger partial charge on any atom is 0.213 e. The summed E-state index contributed by atoms with van der Waals surface area (Å²) in [6.07, 6.45) is 4.83. The number of hydrogen-bond acceptors (Lipinski definition) is 4. The Kier molecular flexibility index (Phi) is 5.22. The summed E-state index contributed by atoms with van der Waals surface area (Å²) in [6, 6.07) is 0.433. The second-order valence-electron chi connectivity index (χ2n) is 5.63. The predicted molar refractivity (Wildman–Crippen MR) is 75.6 cm³/mol. The van der Waals surface area contributed by atoms with Crippen molar-refractivity contribution in [2.45, 2.75) is 57.8 Å². The molecule has 0 aromatic carbocycles. The smallest absolute Gasteiger partial charge is 0.213 e. The van der Waals surface area contributed by atoms with Crippen molar-refractivity contribution in [3.05, 3.63) is 0 Å². The van der Waals surface area contributed by atoms with Crippen LogP contribution in [0, 0.1) is 0 Å². The number of sulfonamides is 1. The lowest BCUT2D eigenvalue weighted by molar-refractivity contribution is 0.0531. The Bertz CT molecular complexity index is 377. The molecule has 2 unspecified atom stereocenters. The van der Waals surface area contributed by atoms with Gasteiger partial charge in [-0.2, -0.15) is 0 Å². The summed E-state index contributed by atoms with van der Waals surface area (Å²) in [5.74, 6) is 0.207. The van der Waals surface area contributed by atoms with Gasteiger partial charge >= 0.3 is 0 Å². The van der Waals surface area contributed by atoms with Crippen LogP contribution in [0.3, 0.4) is 0 Å². The van der Waals surface area contributed by atoms with Crippen molar-refractivity contribution in [2.24, 2.45) is 0 Å². The summed E-state index contributed by atoms with van der Waals surface area (Å²) in [5, 5.41) is 3.53. The molecule has 2 saturated heterocycles. The molecule has 5 nitrogen and oxygen atoms in total. The van der Waals surface area contributed by atoms with Crippen LogP contribution in [0.25, 0.3) is 0 Å². The summed E-state index contributed by atoms with van der Waals surface area (Å²) in [7, 11) is -3.00. The topological polar surface area (TPSA) is 58.6 Å². The molecule has 0 spiro atoms. The lowest BCUT2D eigenvalue weighted by Crippen LogP contribution is -2.46. The molecule has 0 radical (unpaired) electrons. The van der Waals surface area contributed by atoms with E-state index < -0.39 is 10.0 Å². The van der Waals surface area contributed by atoms with Crippen LogP contribution in [0.1, 0.15) is 39.5 Å². The molecule has 2 fully saturated rings. The van der Waals surface area contributed by atoms with Crippen LogP contribution in [0.15, 0.2) is 0 Å². The fraction of sp³-hybridized carbons (Fsp3) is 1.00. The number of ether oxygens (including phenoxy) is 1. The minimum Gasteiger partial charge on any atom is -0.374 e. The van der Waals surface area contributed by atoms with Gasteiger partial charge in [-0.25, -0.2) is 12.7 Å². The molecule has 2 aliphatic heterocycles. The van der Waals surface area contributed by atoms with Crippen LogP contribution in [0.4, 0.5) is 0 Å². The van der Waals surface area contributed by atoms with Gasteiger partial charge in [-0.3, -0.25) is 0 Å². The number of nitrogens with one attached hydrogen (secondary N) is 1. The van der Waals surface area contributed by atoms with E-state index in [4.69, 9.17) is 4.74 Å². The van der Waals surface area contributed by atoms with Gasteiger partial charge in [-0.1, -0.05) is 0 Å². The van der Waals surface area contributed by atoms with Crippen LogP contribution < -0.4 is 5.32 Å². The van der Waals surface area contributed by atoms with Crippen molar-refractivity contribution in [1.29, 1.82) is 0 Å². The quantitative estimate of drug-likeness (QED) is 0.819. The Morgan fingerprint density at radius 1 is 1.21 bits per heavy atom. The van der Waals surface area contributed by atoms with Gasteiger partial charge in [0.15, 0.2) is 0 Å². The van der Waals surface area contributed by atoms with Gasteiger partial charge < -0.3 is 10.1 Å². The van der Waals surface area contributed by atoms with E-state index in [-0.39, 0.29) is 5.75 Å². The molecule has 19 heavy (non-hydrogen) atoms. The van der Waals surface area contributed by atoms with Crippen molar-refractivity contribution in [3.8, 4) is 0 Å². The highest BCUT2D eigenvalue weighted by molar-refractivity contribution is 7.89. The average Bonchev–Trinajstić information content (AvgIpc) is 2.83. The minimum atomic E-state index is -3.00. The third-order valence-corrected chi connectivity index (χ3v) is 6.05. The highest BCUT2D eigenvalue weighted by Gasteiger charge is 2.28. The third kappa shape index (κ3) is 4.15. The molecular weight excluding hydrogens is 264 g/mol. The highest BCUT2D eigenvalue weighted by atomic mass is 32.2. The molecular formula is C13H26N2O3S.